The Kier molecular flexibility index (Phi) is 6.56. The van der Waals surface area contributed by atoms with Crippen LogP contribution in [0.1, 0.15) is 40.7 Å². The number of amides is 1. The summed E-state index contributed by atoms with van der Waals surface area (Å²) in [7, 11) is 0. The van der Waals surface area contributed by atoms with E-state index < -0.39 is 11.6 Å². The topological polar surface area (TPSA) is 38.3 Å². The summed E-state index contributed by atoms with van der Waals surface area (Å²) in [4.78, 5) is 12.2. The van der Waals surface area contributed by atoms with Crippen LogP contribution in [0.4, 0.5) is 8.78 Å². The molecule has 0 atom stereocenters. The van der Waals surface area contributed by atoms with Crippen LogP contribution in [0.15, 0.2) is 42.5 Å². The fourth-order valence-corrected chi connectivity index (χ4v) is 2.96. The third kappa shape index (κ3) is 5.63. The lowest BCUT2D eigenvalue weighted by Crippen LogP contribution is -2.27. The Balaban J connectivity index is 1.53. The highest BCUT2D eigenvalue weighted by Crippen LogP contribution is 2.17. The molecule has 3 nitrogen and oxygen atoms in total. The van der Waals surface area contributed by atoms with Crippen LogP contribution < -0.4 is 5.32 Å². The van der Waals surface area contributed by atoms with E-state index >= 15 is 0 Å². The third-order valence-electron chi connectivity index (χ3n) is 4.60. The molecule has 0 aromatic heterocycles. The third-order valence-corrected chi connectivity index (χ3v) is 4.60. The molecule has 2 aromatic rings. The first kappa shape index (κ1) is 19.1. The van der Waals surface area contributed by atoms with Crippen molar-refractivity contribution in [2.24, 2.45) is 5.92 Å². The molecule has 0 aliphatic carbocycles. The van der Waals surface area contributed by atoms with Gasteiger partial charge >= 0.3 is 0 Å². The minimum Gasteiger partial charge on any atom is -0.381 e. The van der Waals surface area contributed by atoms with E-state index in [0.717, 1.165) is 38.5 Å². The fourth-order valence-electron chi connectivity index (χ4n) is 2.96. The Morgan fingerprint density at radius 1 is 1.07 bits per heavy atom. The van der Waals surface area contributed by atoms with Crippen LogP contribution in [-0.2, 0) is 4.74 Å². The number of hydrogen-bond donors (Lipinski definition) is 1. The smallest absolute Gasteiger partial charge is 0.251 e. The van der Waals surface area contributed by atoms with Gasteiger partial charge in [-0.3, -0.25) is 4.79 Å². The summed E-state index contributed by atoms with van der Waals surface area (Å²) >= 11 is 0. The Bertz CT molecular complexity index is 847. The summed E-state index contributed by atoms with van der Waals surface area (Å²) in [6.07, 6.45) is 3.07. The fraction of sp³-hybridized carbons (Fsp3) is 0.318. The van der Waals surface area contributed by atoms with Crippen molar-refractivity contribution in [1.82, 2.24) is 5.32 Å². The molecule has 0 bridgehead atoms. The van der Waals surface area contributed by atoms with Gasteiger partial charge in [0.2, 0.25) is 0 Å². The molecule has 1 heterocycles. The Labute approximate surface area is 157 Å². The maximum atomic E-state index is 13.6. The molecule has 1 amide bonds. The predicted molar refractivity (Wildman–Crippen MR) is 99.3 cm³/mol. The van der Waals surface area contributed by atoms with Gasteiger partial charge in [-0.15, -0.1) is 0 Å². The lowest BCUT2D eigenvalue weighted by molar-refractivity contribution is 0.0636. The summed E-state index contributed by atoms with van der Waals surface area (Å²) in [5.41, 5.74) is 1.34. The van der Waals surface area contributed by atoms with Crippen LogP contribution in [0.2, 0.25) is 0 Å². The number of rotatable bonds is 4. The Morgan fingerprint density at radius 3 is 2.52 bits per heavy atom. The van der Waals surface area contributed by atoms with E-state index in [1.165, 1.54) is 12.1 Å². The molecule has 0 unspecified atom stereocenters. The van der Waals surface area contributed by atoms with Crippen LogP contribution >= 0.6 is 0 Å². The van der Waals surface area contributed by atoms with Gasteiger partial charge < -0.3 is 10.1 Å². The van der Waals surface area contributed by atoms with Crippen molar-refractivity contribution in [3.05, 3.63) is 70.8 Å². The highest BCUT2D eigenvalue weighted by Gasteiger charge is 2.14. The predicted octanol–water partition coefficient (Wildman–Crippen LogP) is 3.91. The van der Waals surface area contributed by atoms with Crippen LogP contribution in [0.3, 0.4) is 0 Å². The lowest BCUT2D eigenvalue weighted by Gasteiger charge is -2.21. The second-order valence-electron chi connectivity index (χ2n) is 6.55. The first-order valence-corrected chi connectivity index (χ1v) is 9.05. The van der Waals surface area contributed by atoms with Crippen molar-refractivity contribution in [1.29, 1.82) is 0 Å². The highest BCUT2D eigenvalue weighted by atomic mass is 19.1. The molecule has 27 heavy (non-hydrogen) atoms. The minimum atomic E-state index is -0.692. The van der Waals surface area contributed by atoms with Gasteiger partial charge in [-0.1, -0.05) is 11.8 Å². The van der Waals surface area contributed by atoms with Gasteiger partial charge in [0.25, 0.3) is 5.91 Å². The normalized spacial score (nSPS) is 14.3. The highest BCUT2D eigenvalue weighted by molar-refractivity contribution is 5.94. The zero-order valence-electron chi connectivity index (χ0n) is 14.9. The molecule has 1 N–H and O–H groups in total. The molecular formula is C22H21F2NO2. The van der Waals surface area contributed by atoms with Gasteiger partial charge in [0.05, 0.1) is 5.56 Å². The second kappa shape index (κ2) is 9.29. The molecule has 140 valence electrons. The number of carbonyl (C=O) groups excluding carboxylic acids is 1. The van der Waals surface area contributed by atoms with Crippen LogP contribution in [0.5, 0.6) is 0 Å². The molecule has 1 saturated heterocycles. The van der Waals surface area contributed by atoms with E-state index in [1.807, 2.05) is 0 Å². The van der Waals surface area contributed by atoms with Crippen molar-refractivity contribution in [3.63, 3.8) is 0 Å². The number of carbonyl (C=O) groups is 1. The molecule has 3 rings (SSSR count). The van der Waals surface area contributed by atoms with E-state index in [-0.39, 0.29) is 11.5 Å². The van der Waals surface area contributed by atoms with Crippen molar-refractivity contribution in [2.75, 3.05) is 19.8 Å². The van der Waals surface area contributed by atoms with Crippen molar-refractivity contribution >= 4 is 5.91 Å². The standard InChI is InChI=1S/C22H21F2NO2/c23-20-8-7-18(21(24)15-20)4-1-16-2-5-19(6-3-16)22(26)25-12-9-17-10-13-27-14-11-17/h2-3,5-8,15,17H,9-14H2,(H,25,26). The molecule has 5 heteroatoms. The molecular weight excluding hydrogens is 348 g/mol. The average molecular weight is 369 g/mol. The van der Waals surface area contributed by atoms with Crippen LogP contribution in [0, 0.1) is 29.4 Å². The van der Waals surface area contributed by atoms with Crippen molar-refractivity contribution in [3.8, 4) is 11.8 Å². The lowest BCUT2D eigenvalue weighted by atomic mass is 9.96. The molecule has 1 aliphatic rings. The van der Waals surface area contributed by atoms with E-state index in [0.29, 0.717) is 23.6 Å². The summed E-state index contributed by atoms with van der Waals surface area (Å²) in [6.45, 7) is 2.26. The van der Waals surface area contributed by atoms with E-state index in [9.17, 15) is 13.6 Å². The Morgan fingerprint density at radius 2 is 1.81 bits per heavy atom. The first-order chi connectivity index (χ1) is 13.1. The van der Waals surface area contributed by atoms with Gasteiger partial charge in [-0.05, 0) is 61.6 Å². The Hall–Kier alpha value is -2.71. The van der Waals surface area contributed by atoms with E-state index in [4.69, 9.17) is 4.74 Å². The largest absolute Gasteiger partial charge is 0.381 e. The molecule has 0 spiro atoms. The SMILES string of the molecule is O=C(NCCC1CCOCC1)c1ccc(C#Cc2ccc(F)cc2F)cc1. The number of hydrogen-bond acceptors (Lipinski definition) is 2. The maximum absolute atomic E-state index is 13.6. The molecule has 0 saturated carbocycles. The maximum Gasteiger partial charge on any atom is 0.251 e. The monoisotopic (exact) mass is 369 g/mol. The first-order valence-electron chi connectivity index (χ1n) is 9.05. The van der Waals surface area contributed by atoms with E-state index in [1.54, 1.807) is 24.3 Å². The summed E-state index contributed by atoms with van der Waals surface area (Å²) in [5, 5.41) is 2.94. The summed E-state index contributed by atoms with van der Waals surface area (Å²) < 4.78 is 31.8. The quantitative estimate of drug-likeness (QED) is 0.830. The second-order valence-corrected chi connectivity index (χ2v) is 6.55. The van der Waals surface area contributed by atoms with Crippen LogP contribution in [0.25, 0.3) is 0 Å². The summed E-state index contributed by atoms with van der Waals surface area (Å²) in [5.74, 6) is 4.66. The zero-order chi connectivity index (χ0) is 19.1. The number of halogens is 2. The van der Waals surface area contributed by atoms with Gasteiger partial charge in [-0.2, -0.15) is 0 Å². The average Bonchev–Trinajstić information content (AvgIpc) is 2.68. The zero-order valence-corrected chi connectivity index (χ0v) is 14.9. The molecule has 0 radical (unpaired) electrons. The molecule has 2 aromatic carbocycles. The number of nitrogens with one attached hydrogen (secondary N) is 1. The van der Waals surface area contributed by atoms with Gasteiger partial charge in [0.15, 0.2) is 0 Å². The van der Waals surface area contributed by atoms with Crippen LogP contribution in [-0.4, -0.2) is 25.7 Å². The van der Waals surface area contributed by atoms with Crippen molar-refractivity contribution in [2.45, 2.75) is 19.3 Å². The molecule has 1 fully saturated rings. The van der Waals surface area contributed by atoms with Gasteiger partial charge in [0, 0.05) is 37.0 Å². The minimum absolute atomic E-state index is 0.119. The number of ether oxygens (including phenoxy) is 1. The summed E-state index contributed by atoms with van der Waals surface area (Å²) in [6, 6.07) is 10.1. The van der Waals surface area contributed by atoms with Crippen molar-refractivity contribution < 1.29 is 18.3 Å². The number of benzene rings is 2. The van der Waals surface area contributed by atoms with E-state index in [2.05, 4.69) is 17.2 Å². The van der Waals surface area contributed by atoms with Gasteiger partial charge in [0.1, 0.15) is 11.6 Å². The van der Waals surface area contributed by atoms with Gasteiger partial charge in [-0.25, -0.2) is 8.78 Å². The molecule has 1 aliphatic heterocycles.